The van der Waals surface area contributed by atoms with Crippen LogP contribution in [0.3, 0.4) is 0 Å². The Labute approximate surface area is 116 Å². The number of hydrogen-bond acceptors (Lipinski definition) is 3. The quantitative estimate of drug-likeness (QED) is 0.854. The van der Waals surface area contributed by atoms with E-state index in [1.165, 1.54) is 25.1 Å². The first kappa shape index (κ1) is 15.3. The molecule has 0 spiro atoms. The molecule has 0 heterocycles. The lowest BCUT2D eigenvalue weighted by Crippen LogP contribution is -2.41. The Kier molecular flexibility index (Phi) is 5.07. The maximum atomic E-state index is 13.7. The van der Waals surface area contributed by atoms with E-state index in [0.29, 0.717) is 9.50 Å². The summed E-state index contributed by atoms with van der Waals surface area (Å²) in [6.45, 7) is 1.31. The van der Waals surface area contributed by atoms with Crippen LogP contribution >= 0.6 is 27.5 Å². The molecular weight excluding hydrogens is 331 g/mol. The van der Waals surface area contributed by atoms with Crippen molar-refractivity contribution < 1.29 is 18.3 Å². The molecule has 3 nitrogen and oxygen atoms in total. The third-order valence-electron chi connectivity index (χ3n) is 2.24. The van der Waals surface area contributed by atoms with Gasteiger partial charge in [0.2, 0.25) is 0 Å². The predicted molar refractivity (Wildman–Crippen MR) is 67.7 cm³/mol. The minimum absolute atomic E-state index is 0.0810. The number of nitrogens with two attached hydrogens (primary N) is 1. The summed E-state index contributed by atoms with van der Waals surface area (Å²) in [6, 6.07) is 2.38. The Morgan fingerprint density at radius 1 is 1.61 bits per heavy atom. The molecule has 0 saturated carbocycles. The molecular formula is C11H11BrClF2NO2. The molecule has 0 aromatic heterocycles. The molecule has 7 heteroatoms. The first-order valence-corrected chi connectivity index (χ1v) is 6.23. The number of rotatable bonds is 4. The number of benzene rings is 1. The van der Waals surface area contributed by atoms with Gasteiger partial charge in [-0.3, -0.25) is 0 Å². The zero-order valence-corrected chi connectivity index (χ0v) is 11.8. The summed E-state index contributed by atoms with van der Waals surface area (Å²) in [4.78, 5) is 11.2. The van der Waals surface area contributed by atoms with E-state index >= 15 is 0 Å². The summed E-state index contributed by atoms with van der Waals surface area (Å²) >= 11 is 8.78. The third kappa shape index (κ3) is 3.18. The molecule has 0 aliphatic carbocycles. The Morgan fingerprint density at radius 2 is 2.22 bits per heavy atom. The third-order valence-corrected chi connectivity index (χ3v) is 3.16. The van der Waals surface area contributed by atoms with Crippen LogP contribution in [-0.2, 0) is 9.53 Å². The van der Waals surface area contributed by atoms with Crippen LogP contribution in [0.5, 0.6) is 0 Å². The van der Waals surface area contributed by atoms with Crippen molar-refractivity contribution in [2.24, 2.45) is 5.73 Å². The highest BCUT2D eigenvalue weighted by atomic mass is 79.9. The van der Waals surface area contributed by atoms with Gasteiger partial charge in [-0.15, -0.1) is 0 Å². The fourth-order valence-electron chi connectivity index (χ4n) is 1.30. The lowest BCUT2D eigenvalue weighted by atomic mass is 10.0. The first-order valence-electron chi connectivity index (χ1n) is 5.06. The average molecular weight is 343 g/mol. The zero-order valence-electron chi connectivity index (χ0n) is 9.42. The second-order valence-electron chi connectivity index (χ2n) is 3.49. The minimum atomic E-state index is -3.80. The summed E-state index contributed by atoms with van der Waals surface area (Å²) in [5, 5.41) is 0.372. The monoisotopic (exact) mass is 341 g/mol. The van der Waals surface area contributed by atoms with Gasteiger partial charge in [0.25, 0.3) is 0 Å². The highest BCUT2D eigenvalue weighted by Gasteiger charge is 2.48. The second kappa shape index (κ2) is 5.95. The van der Waals surface area contributed by atoms with Crippen molar-refractivity contribution in [3.63, 3.8) is 0 Å². The van der Waals surface area contributed by atoms with Crippen LogP contribution < -0.4 is 5.73 Å². The highest BCUT2D eigenvalue weighted by Crippen LogP contribution is 2.35. The van der Waals surface area contributed by atoms with E-state index < -0.39 is 17.9 Å². The predicted octanol–water partition coefficient (Wildman–Crippen LogP) is 3.30. The van der Waals surface area contributed by atoms with Gasteiger partial charge in [0.1, 0.15) is 6.04 Å². The lowest BCUT2D eigenvalue weighted by molar-refractivity contribution is -0.174. The Morgan fingerprint density at radius 3 is 2.72 bits per heavy atom. The molecule has 0 unspecified atom stereocenters. The number of halogens is 4. The normalized spacial score (nSPS) is 13.2. The van der Waals surface area contributed by atoms with Gasteiger partial charge >= 0.3 is 11.9 Å². The number of alkyl halides is 2. The molecule has 0 aliphatic rings. The fraction of sp³-hybridized carbons (Fsp3) is 0.364. The zero-order chi connectivity index (χ0) is 13.9. The molecule has 0 aliphatic heterocycles. The number of hydrogen-bond donors (Lipinski definition) is 1. The molecule has 0 amide bonds. The van der Waals surface area contributed by atoms with Crippen LogP contribution in [0.2, 0.25) is 5.02 Å². The van der Waals surface area contributed by atoms with Gasteiger partial charge < -0.3 is 10.5 Å². The largest absolute Gasteiger partial charge is 0.462 e. The number of esters is 1. The van der Waals surface area contributed by atoms with E-state index in [9.17, 15) is 13.6 Å². The molecule has 1 aromatic rings. The van der Waals surface area contributed by atoms with E-state index in [-0.39, 0.29) is 12.2 Å². The van der Waals surface area contributed by atoms with Gasteiger partial charge in [0, 0.05) is 9.50 Å². The van der Waals surface area contributed by atoms with Crippen molar-refractivity contribution in [2.75, 3.05) is 6.61 Å². The Bertz CT molecular complexity index is 457. The number of carbonyl (C=O) groups is 1. The Balaban J connectivity index is 3.05. The van der Waals surface area contributed by atoms with Crippen LogP contribution in [0, 0.1) is 0 Å². The van der Waals surface area contributed by atoms with Gasteiger partial charge in [-0.25, -0.2) is 4.79 Å². The van der Waals surface area contributed by atoms with Crippen molar-refractivity contribution in [2.45, 2.75) is 18.9 Å². The lowest BCUT2D eigenvalue weighted by Gasteiger charge is -2.22. The van der Waals surface area contributed by atoms with Gasteiger partial charge in [-0.2, -0.15) is 8.78 Å². The summed E-state index contributed by atoms with van der Waals surface area (Å²) in [7, 11) is 0. The summed E-state index contributed by atoms with van der Waals surface area (Å²) in [6.07, 6.45) is 0. The first-order chi connectivity index (χ1) is 8.30. The van der Waals surface area contributed by atoms with E-state index in [4.69, 9.17) is 17.3 Å². The molecule has 1 rings (SSSR count). The van der Waals surface area contributed by atoms with Crippen LogP contribution in [0.4, 0.5) is 8.78 Å². The van der Waals surface area contributed by atoms with Crippen LogP contribution in [0.1, 0.15) is 18.5 Å². The molecule has 0 bridgehead atoms. The van der Waals surface area contributed by atoms with Gasteiger partial charge in [0.05, 0.1) is 6.61 Å². The van der Waals surface area contributed by atoms with E-state index in [0.717, 1.165) is 0 Å². The van der Waals surface area contributed by atoms with Gasteiger partial charge in [-0.1, -0.05) is 33.6 Å². The van der Waals surface area contributed by atoms with E-state index in [1.807, 2.05) is 0 Å². The van der Waals surface area contributed by atoms with Crippen LogP contribution in [0.15, 0.2) is 22.7 Å². The maximum absolute atomic E-state index is 13.7. The molecule has 2 N–H and O–H groups in total. The van der Waals surface area contributed by atoms with E-state index in [1.54, 1.807) is 0 Å². The summed E-state index contributed by atoms with van der Waals surface area (Å²) in [5.74, 6) is -5.44. The molecule has 0 radical (unpaired) electrons. The minimum Gasteiger partial charge on any atom is -0.462 e. The van der Waals surface area contributed by atoms with Gasteiger partial charge in [-0.05, 0) is 24.6 Å². The summed E-state index contributed by atoms with van der Waals surface area (Å²) in [5.41, 5.74) is 5.51. The second-order valence-corrected chi connectivity index (χ2v) is 4.78. The highest BCUT2D eigenvalue weighted by molar-refractivity contribution is 9.10. The average Bonchev–Trinajstić information content (AvgIpc) is 2.28. The van der Waals surface area contributed by atoms with E-state index in [2.05, 4.69) is 20.7 Å². The molecule has 100 valence electrons. The standard InChI is InChI=1S/C11H11BrClF2NO2/c1-2-18-10(17)11(14,15)9(16)7-4-3-6(13)5-8(7)12/h3-5,9H,2,16H2,1H3/t9-/m1/s1. The van der Waals surface area contributed by atoms with Crippen molar-refractivity contribution in [3.05, 3.63) is 33.3 Å². The smallest absolute Gasteiger partial charge is 0.379 e. The SMILES string of the molecule is CCOC(=O)C(F)(F)[C@H](N)c1ccc(Cl)cc1Br. The summed E-state index contributed by atoms with van der Waals surface area (Å²) < 4.78 is 32.0. The molecule has 0 saturated heterocycles. The maximum Gasteiger partial charge on any atom is 0.379 e. The van der Waals surface area contributed by atoms with Crippen molar-refractivity contribution in [3.8, 4) is 0 Å². The topological polar surface area (TPSA) is 52.3 Å². The molecule has 0 fully saturated rings. The van der Waals surface area contributed by atoms with Crippen LogP contribution in [0.25, 0.3) is 0 Å². The molecule has 18 heavy (non-hydrogen) atoms. The fourth-order valence-corrected chi connectivity index (χ4v) is 2.23. The van der Waals surface area contributed by atoms with Crippen molar-refractivity contribution >= 4 is 33.5 Å². The van der Waals surface area contributed by atoms with Crippen molar-refractivity contribution in [1.29, 1.82) is 0 Å². The number of carbonyl (C=O) groups excluding carboxylic acids is 1. The molecule has 1 atom stereocenters. The van der Waals surface area contributed by atoms with Crippen LogP contribution in [-0.4, -0.2) is 18.5 Å². The number of ether oxygens (including phenoxy) is 1. The molecule has 1 aromatic carbocycles. The van der Waals surface area contributed by atoms with Crippen molar-refractivity contribution in [1.82, 2.24) is 0 Å². The van der Waals surface area contributed by atoms with Gasteiger partial charge in [0.15, 0.2) is 0 Å². The Hall–Kier alpha value is -0.720.